The van der Waals surface area contributed by atoms with Crippen LogP contribution in [0.3, 0.4) is 0 Å². The first kappa shape index (κ1) is 47.6. The quantitative estimate of drug-likeness (QED) is 0.117. The zero-order chi connectivity index (χ0) is 45.6. The largest absolute Gasteiger partial charge is 0.488 e. The lowest BCUT2D eigenvalue weighted by Gasteiger charge is -2.20. The van der Waals surface area contributed by atoms with Gasteiger partial charge in [0.1, 0.15) is 21.5 Å². The molecule has 0 spiro atoms. The van der Waals surface area contributed by atoms with Crippen molar-refractivity contribution in [1.82, 2.24) is 24.1 Å². The number of carbonyl (C=O) groups excluding carboxylic acids is 1. The summed E-state index contributed by atoms with van der Waals surface area (Å²) in [6.07, 6.45) is 7.09. The minimum Gasteiger partial charge on any atom is -0.444 e. The predicted octanol–water partition coefficient (Wildman–Crippen LogP) is 11.5. The summed E-state index contributed by atoms with van der Waals surface area (Å²) in [6.45, 7) is 10.1. The standard InChI is InChI=1S/C21H17Cl2N3.C19H18BrCl2N3O2.C7H9BO2/c1-13-3-2-4-14(7-13)20-11-25-21-8-15(10-24)18(12-26(20)21)17-6-5-16(22)9-19(17)23;1-19(2,3)27-18(26)24-8-11-6-17-23-9-16(20)25(17)10-14(11)13-5-4-12(21)7-15(13)22;1-6-3-2-4-7(5-6)8(9)10/h2-9,11-12H,10,24H2,1H3;4-7,9-10H,8H2,1-3H3,(H,24,26);2-5,9-10H,1H3. The average molecular weight is 989 g/mol. The van der Waals surface area contributed by atoms with Crippen molar-refractivity contribution in [1.29, 1.82) is 0 Å². The summed E-state index contributed by atoms with van der Waals surface area (Å²) >= 11 is 28.4. The van der Waals surface area contributed by atoms with Gasteiger partial charge in [-0.15, -0.1) is 0 Å². The van der Waals surface area contributed by atoms with E-state index in [0.29, 0.717) is 32.1 Å². The summed E-state index contributed by atoms with van der Waals surface area (Å²) in [6, 6.07) is 30.2. The van der Waals surface area contributed by atoms with Crippen LogP contribution in [0.25, 0.3) is 44.8 Å². The highest BCUT2D eigenvalue weighted by Gasteiger charge is 2.19. The van der Waals surface area contributed by atoms with Gasteiger partial charge in [0.15, 0.2) is 0 Å². The second-order valence-corrected chi connectivity index (χ2v) is 18.1. The number of hydrogen-bond donors (Lipinski definition) is 4. The van der Waals surface area contributed by atoms with Gasteiger partial charge in [-0.25, -0.2) is 14.8 Å². The molecule has 0 aliphatic rings. The van der Waals surface area contributed by atoms with Crippen LogP contribution in [0.5, 0.6) is 0 Å². The van der Waals surface area contributed by atoms with Crippen molar-refractivity contribution in [2.75, 3.05) is 0 Å². The number of halogens is 5. The van der Waals surface area contributed by atoms with E-state index in [1.165, 1.54) is 5.56 Å². The zero-order valence-corrected chi connectivity index (χ0v) is 39.6. The molecule has 0 saturated heterocycles. The molecule has 0 unspecified atom stereocenters. The number of hydrogen-bond acceptors (Lipinski definition) is 7. The summed E-state index contributed by atoms with van der Waals surface area (Å²) in [5.74, 6) is 0. The highest BCUT2D eigenvalue weighted by Crippen LogP contribution is 2.36. The van der Waals surface area contributed by atoms with Gasteiger partial charge in [0.25, 0.3) is 0 Å². The Morgan fingerprint density at radius 3 is 1.86 bits per heavy atom. The Morgan fingerprint density at radius 2 is 1.30 bits per heavy atom. The number of amides is 1. The lowest BCUT2D eigenvalue weighted by molar-refractivity contribution is 0.0523. The third-order valence-corrected chi connectivity index (χ3v) is 11.2. The number of nitrogens with zero attached hydrogens (tertiary/aromatic N) is 4. The van der Waals surface area contributed by atoms with E-state index in [0.717, 1.165) is 66.1 Å². The molecule has 4 aromatic heterocycles. The van der Waals surface area contributed by atoms with Crippen molar-refractivity contribution < 1.29 is 19.6 Å². The maximum Gasteiger partial charge on any atom is 0.488 e. The van der Waals surface area contributed by atoms with E-state index in [-0.39, 0.29) is 6.54 Å². The Labute approximate surface area is 394 Å². The van der Waals surface area contributed by atoms with Gasteiger partial charge >= 0.3 is 13.2 Å². The summed E-state index contributed by atoms with van der Waals surface area (Å²) in [5.41, 5.74) is 17.4. The number of alkyl carbamates (subject to hydrolysis) is 1. The van der Waals surface area contributed by atoms with Crippen molar-refractivity contribution in [3.63, 3.8) is 0 Å². The van der Waals surface area contributed by atoms with Gasteiger partial charge in [-0.3, -0.25) is 8.80 Å². The summed E-state index contributed by atoms with van der Waals surface area (Å²) in [7, 11) is -1.35. The average Bonchev–Trinajstić information content (AvgIpc) is 3.81. The first-order valence-electron chi connectivity index (χ1n) is 19.6. The van der Waals surface area contributed by atoms with E-state index >= 15 is 0 Å². The maximum atomic E-state index is 12.1. The van der Waals surface area contributed by atoms with Crippen LogP contribution < -0.4 is 16.5 Å². The highest BCUT2D eigenvalue weighted by atomic mass is 79.9. The Kier molecular flexibility index (Phi) is 15.7. The second-order valence-electron chi connectivity index (χ2n) is 15.6. The van der Waals surface area contributed by atoms with Gasteiger partial charge in [-0.1, -0.05) is 112 Å². The molecule has 8 rings (SSSR count). The van der Waals surface area contributed by atoms with Crippen LogP contribution in [0, 0.1) is 13.8 Å². The van der Waals surface area contributed by atoms with E-state index in [2.05, 4.69) is 73.0 Å². The number of ether oxygens (including phenoxy) is 1. The lowest BCUT2D eigenvalue weighted by atomic mass is 9.80. The number of benzene rings is 4. The molecule has 0 aliphatic carbocycles. The van der Waals surface area contributed by atoms with Crippen LogP contribution in [-0.4, -0.2) is 47.6 Å². The molecule has 10 nitrogen and oxygen atoms in total. The number of fused-ring (bicyclic) bond motifs is 2. The Morgan fingerprint density at radius 1 is 0.746 bits per heavy atom. The summed E-state index contributed by atoms with van der Waals surface area (Å²) in [5, 5.41) is 22.5. The Bertz CT molecular complexity index is 2920. The van der Waals surface area contributed by atoms with Gasteiger partial charge in [0.05, 0.1) is 18.1 Å². The molecule has 4 aromatic carbocycles. The number of aromatic nitrogens is 4. The van der Waals surface area contributed by atoms with Crippen LogP contribution in [-0.2, 0) is 17.8 Å². The van der Waals surface area contributed by atoms with Crippen LogP contribution in [0.1, 0.15) is 43.0 Å². The van der Waals surface area contributed by atoms with E-state index < -0.39 is 18.8 Å². The van der Waals surface area contributed by atoms with Crippen molar-refractivity contribution in [3.05, 3.63) is 169 Å². The smallest absolute Gasteiger partial charge is 0.444 e. The van der Waals surface area contributed by atoms with Crippen LogP contribution in [0.4, 0.5) is 4.79 Å². The molecule has 63 heavy (non-hydrogen) atoms. The molecule has 4 heterocycles. The van der Waals surface area contributed by atoms with E-state index in [1.54, 1.807) is 42.6 Å². The molecular weight excluding hydrogens is 945 g/mol. The zero-order valence-electron chi connectivity index (χ0n) is 35.0. The molecule has 5 N–H and O–H groups in total. The van der Waals surface area contributed by atoms with E-state index in [4.69, 9.17) is 66.9 Å². The number of pyridine rings is 2. The van der Waals surface area contributed by atoms with Gasteiger partial charge < -0.3 is 25.8 Å². The molecule has 0 aliphatic heterocycles. The molecule has 8 aromatic rings. The van der Waals surface area contributed by atoms with Crippen molar-refractivity contribution in [2.24, 2.45) is 5.73 Å². The summed E-state index contributed by atoms with van der Waals surface area (Å²) in [4.78, 5) is 21.0. The molecular formula is C47H44BBrCl4N6O4. The monoisotopic (exact) mass is 986 g/mol. The van der Waals surface area contributed by atoms with Gasteiger partial charge in [0, 0.05) is 73.4 Å². The molecule has 0 saturated carbocycles. The van der Waals surface area contributed by atoms with Gasteiger partial charge in [-0.05, 0) is 110 Å². The normalized spacial score (nSPS) is 11.1. The number of imidazole rings is 2. The van der Waals surface area contributed by atoms with Crippen molar-refractivity contribution in [2.45, 2.75) is 53.3 Å². The third kappa shape index (κ3) is 12.2. The number of nitrogens with two attached hydrogens (primary N) is 1. The number of aryl methyl sites for hydroxylation is 2. The minimum absolute atomic E-state index is 0.268. The predicted molar refractivity (Wildman–Crippen MR) is 261 cm³/mol. The number of nitrogens with one attached hydrogen (secondary N) is 1. The molecule has 1 amide bonds. The second kappa shape index (κ2) is 20.7. The van der Waals surface area contributed by atoms with Crippen molar-refractivity contribution in [3.8, 4) is 33.5 Å². The fourth-order valence-corrected chi connectivity index (χ4v) is 8.05. The highest BCUT2D eigenvalue weighted by molar-refractivity contribution is 9.10. The van der Waals surface area contributed by atoms with Gasteiger partial charge in [0.2, 0.25) is 0 Å². The fourth-order valence-electron chi connectivity index (χ4n) is 6.64. The van der Waals surface area contributed by atoms with Crippen LogP contribution in [0.2, 0.25) is 20.1 Å². The first-order chi connectivity index (χ1) is 29.9. The molecule has 324 valence electrons. The molecule has 0 fully saturated rings. The van der Waals surface area contributed by atoms with Crippen LogP contribution in [0.15, 0.2) is 126 Å². The molecule has 16 heteroatoms. The Balaban J connectivity index is 0.000000173. The Hall–Kier alpha value is -4.89. The number of rotatable bonds is 7. The number of carbonyl (C=O) groups is 1. The van der Waals surface area contributed by atoms with E-state index in [9.17, 15) is 4.79 Å². The molecule has 0 radical (unpaired) electrons. The lowest BCUT2D eigenvalue weighted by Crippen LogP contribution is -2.32. The maximum absolute atomic E-state index is 12.1. The molecule has 0 bridgehead atoms. The third-order valence-electron chi connectivity index (χ3n) is 9.56. The summed E-state index contributed by atoms with van der Waals surface area (Å²) < 4.78 is 10.1. The first-order valence-corrected chi connectivity index (χ1v) is 21.9. The van der Waals surface area contributed by atoms with Crippen LogP contribution >= 0.6 is 62.3 Å². The SMILES string of the molecule is CC(C)(C)OC(=O)NCc1cc2ncc(Br)n2cc1-c1ccc(Cl)cc1Cl.Cc1cccc(-c2cnc3cc(CN)c(-c4ccc(Cl)cc4Cl)cn23)c1.Cc1cccc(B(O)O)c1. The fraction of sp³-hybridized carbons (Fsp3) is 0.170. The molecule has 0 atom stereocenters. The minimum atomic E-state index is -1.35. The van der Waals surface area contributed by atoms with Gasteiger partial charge in [-0.2, -0.15) is 0 Å². The van der Waals surface area contributed by atoms with Crippen molar-refractivity contribution >= 4 is 92.3 Å². The topological polar surface area (TPSA) is 139 Å². The van der Waals surface area contributed by atoms with E-state index in [1.807, 2.05) is 80.9 Å².